The molecular formula is C81H52. The highest BCUT2D eigenvalue weighted by Gasteiger charge is 3.66. The molecule has 75 atom stereocenters. The van der Waals surface area contributed by atoms with E-state index in [4.69, 9.17) is 0 Å². The van der Waals surface area contributed by atoms with Crippen molar-refractivity contribution >= 4 is 0 Å². The minimum Gasteiger partial charge on any atom is -0.0493 e. The maximum atomic E-state index is 2.07. The first-order valence-corrected chi connectivity index (χ1v) is 40.3. The highest BCUT2D eigenvalue weighted by atomic mass is 15.7. The molecule has 81 heavy (non-hydrogen) atoms. The third kappa shape index (κ3) is 0.674. The van der Waals surface area contributed by atoms with Crippen molar-refractivity contribution in [3.05, 3.63) is 0 Å². The second-order valence-corrected chi connectivity index (χ2v) is 52.0. The van der Waals surface area contributed by atoms with Crippen LogP contribution in [0.5, 0.6) is 0 Å². The molecule has 0 heteroatoms. The Labute approximate surface area is 462 Å². The van der Waals surface area contributed by atoms with Gasteiger partial charge in [-0.1, -0.05) is 0 Å². The summed E-state index contributed by atoms with van der Waals surface area (Å²) < 4.78 is 0. The zero-order chi connectivity index (χ0) is 44.8. The van der Waals surface area contributed by atoms with Crippen LogP contribution in [0.4, 0.5) is 0 Å². The fourth-order valence-electron chi connectivity index (χ4n) is 87.6. The molecule has 0 aliphatic heterocycles. The van der Waals surface area contributed by atoms with Gasteiger partial charge in [0.05, 0.1) is 0 Å². The number of rotatable bonds is 0. The van der Waals surface area contributed by atoms with Crippen LogP contribution < -0.4 is 0 Å². The van der Waals surface area contributed by atoms with Gasteiger partial charge in [0.15, 0.2) is 0 Å². The van der Waals surface area contributed by atoms with E-state index in [0.717, 1.165) is 190 Å². The van der Waals surface area contributed by atoms with E-state index >= 15 is 0 Å². The highest BCUT2D eigenvalue weighted by molar-refractivity contribution is 6.10. The molecule has 0 nitrogen and oxygen atoms in total. The molecule has 0 heterocycles. The van der Waals surface area contributed by atoms with Gasteiger partial charge in [0.2, 0.25) is 0 Å². The zero-order valence-electron chi connectivity index (χ0n) is 44.8. The maximum Gasteiger partial charge on any atom is -0.00189 e. The summed E-state index contributed by atoms with van der Waals surface area (Å²) in [7, 11) is 0. The van der Waals surface area contributed by atoms with E-state index in [2.05, 4.69) is 6.42 Å². The fourth-order valence-corrected chi connectivity index (χ4v) is 87.6. The number of hydrogen-bond donors (Lipinski definition) is 0. The van der Waals surface area contributed by atoms with Crippen molar-refractivity contribution in [1.29, 1.82) is 0 Å². The molecule has 56 fully saturated rings. The Balaban J connectivity index is 0.684. The normalized spacial score (nSPS) is 138. The quantitative estimate of drug-likeness (QED) is 0.240. The van der Waals surface area contributed by atoms with E-state index in [-0.39, 0.29) is 0 Å². The third-order valence-corrected chi connectivity index (χ3v) is 68.9. The number of fused-ring (bicyclic) bond motifs is 23. The lowest BCUT2D eigenvalue weighted by molar-refractivity contribution is -1.16. The Morgan fingerprint density at radius 2 is 0.605 bits per heavy atom. The minimum absolute atomic E-state index is 1.02. The van der Waals surface area contributed by atoms with Crippen LogP contribution in [0, 0.1) is 426 Å². The Bertz CT molecular complexity index is 5630. The molecule has 56 aliphatic carbocycles. The third-order valence-electron chi connectivity index (χ3n) is 68.9. The van der Waals surface area contributed by atoms with E-state index in [9.17, 15) is 0 Å². The minimum atomic E-state index is 1.02. The smallest absolute Gasteiger partial charge is 0.00189 e. The van der Waals surface area contributed by atoms with Crippen molar-refractivity contribution in [3.63, 3.8) is 0 Å². The summed E-state index contributed by atoms with van der Waals surface area (Å²) in [5, 5.41) is 0. The van der Waals surface area contributed by atoms with Gasteiger partial charge in [-0.25, -0.2) is 0 Å². The van der Waals surface area contributed by atoms with Gasteiger partial charge in [-0.05, 0) is 465 Å². The largest absolute Gasteiger partial charge is 0.0493 e. The zero-order valence-corrected chi connectivity index (χ0v) is 44.8. The van der Waals surface area contributed by atoms with Crippen molar-refractivity contribution in [1.82, 2.24) is 0 Å². The lowest BCUT2D eigenvalue weighted by Crippen LogP contribution is -3.59. The summed E-state index contributed by atoms with van der Waals surface area (Å²) in [4.78, 5) is 0. The molecule has 35 spiro atoms. The first kappa shape index (κ1) is 28.0. The summed E-state index contributed by atoms with van der Waals surface area (Å²) in [5.74, 6) is 56.4. The molecule has 56 saturated carbocycles. The lowest BCUT2D eigenvalue weighted by atomic mass is 8.42. The second kappa shape index (κ2) is 4.42. The van der Waals surface area contributed by atoms with Crippen LogP contribution >= 0.6 is 0 Å². The lowest BCUT2D eigenvalue weighted by Gasteiger charge is -3.60. The predicted molar refractivity (Wildman–Crippen MR) is 252 cm³/mol. The van der Waals surface area contributed by atoms with Crippen LogP contribution in [0.2, 0.25) is 0 Å². The average molecular weight is 1030 g/mol. The molecule has 0 radical (unpaired) electrons. The summed E-state index contributed by atoms with van der Waals surface area (Å²) in [6.07, 6.45) is 11.5. The highest BCUT2D eigenvalue weighted by Crippen LogP contribution is 3.67. The van der Waals surface area contributed by atoms with Crippen LogP contribution in [0.25, 0.3) is 0 Å². The Morgan fingerprint density at radius 1 is 0.185 bits per heavy atom. The van der Waals surface area contributed by atoms with E-state index < -0.39 is 0 Å². The van der Waals surface area contributed by atoms with Crippen molar-refractivity contribution in [2.24, 2.45) is 426 Å². The van der Waals surface area contributed by atoms with Crippen molar-refractivity contribution in [2.45, 2.75) is 38.5 Å². The van der Waals surface area contributed by atoms with E-state index in [1.807, 2.05) is 32.1 Å². The molecule has 56 aliphatic rings. The Kier molecular flexibility index (Phi) is 1.53. The fraction of sp³-hybridized carbons (Fsp3) is 1.00. The van der Waals surface area contributed by atoms with Gasteiger partial charge in [-0.15, -0.1) is 0 Å². The van der Waals surface area contributed by atoms with Crippen molar-refractivity contribution in [3.8, 4) is 0 Å². The molecule has 0 aromatic heterocycles. The van der Waals surface area contributed by atoms with Gasteiger partial charge in [0.25, 0.3) is 0 Å². The molecule has 0 N–H and O–H groups in total. The SMILES string of the molecule is C1C2CC3C1C1CCC4C5C6C7C8C9C%10C%11C%12C%13C%14C%15C%16C%17C%18C%19CC%20C%21C%22CC%23C%24C%25C2C2C%26C%27C%28C%25%29C%25C%30C%31C%24%32C%24C%33C%34C%23%35C%23C%36C%22C%21%22C%20%19C%18%19C%36%22C%23%18C%17%19C%16%17C%15%16C%14%15C%33(C%34%16C%35%18%17)C%24%14C%13%15C%12%13C%11%12C%10%11C9%10C89C78C67C56C14C32C%266C%277C%288C%299C%25%10C%30%11C%31%12C%32%14%13. The molecule has 0 saturated heterocycles. The van der Waals surface area contributed by atoms with E-state index in [1.165, 1.54) is 237 Å². The molecule has 0 aromatic carbocycles. The average Bonchev–Trinajstić information content (AvgIpc) is 1.34. The summed E-state index contributed by atoms with van der Waals surface area (Å²) in [6.45, 7) is 0. The molecule has 0 amide bonds. The predicted octanol–water partition coefficient (Wildman–Crippen LogP) is 7.26. The molecule has 0 aromatic rings. The molecular weight excluding hydrogens is 973 g/mol. The second-order valence-electron chi connectivity index (χ2n) is 52.0. The first-order chi connectivity index (χ1) is 40.3. The Morgan fingerprint density at radius 3 is 1.28 bits per heavy atom. The van der Waals surface area contributed by atoms with E-state index in [1.54, 1.807) is 0 Å². The Hall–Kier alpha value is 0. The first-order valence-electron chi connectivity index (χ1n) is 40.3. The van der Waals surface area contributed by atoms with Gasteiger partial charge in [-0.3, -0.25) is 0 Å². The van der Waals surface area contributed by atoms with Crippen LogP contribution in [-0.4, -0.2) is 0 Å². The standard InChI is InChI=1S/C81H52/c1-2-11-20-24-27-35-31-29-33-36-32-28-30-34-25-21-15-6-14-17-9-5-13-19-22-16-7-3-8-10(1)50(11)52(12(8)4-7)23(16)26-38-42-49(22)46-40-45-48(19)44-39-43-47(13)41-37-18(9)53(17)51(14,15)55(21)57(37,53)73(41)59(25,55)70(34)63(30)60(28)65(32)72(36)66(33)61(29)64(31)71(35)62(27)58(24)54(20,50)56(26,52)67(38,58)74(42,62)81(49,71)78(46,64)69(40,61)77(45,66)80(48,72)76(44,65)68(39,60)75(43,63)79(47,70)73/h7-46H,1-6H2. The van der Waals surface area contributed by atoms with Crippen LogP contribution in [0.1, 0.15) is 38.5 Å². The van der Waals surface area contributed by atoms with Crippen LogP contribution in [-0.2, 0) is 0 Å². The van der Waals surface area contributed by atoms with Crippen molar-refractivity contribution in [2.75, 3.05) is 0 Å². The van der Waals surface area contributed by atoms with Gasteiger partial charge in [-0.2, -0.15) is 0 Å². The number of hydrogen-bond acceptors (Lipinski definition) is 0. The van der Waals surface area contributed by atoms with E-state index in [0.29, 0.717) is 0 Å². The van der Waals surface area contributed by atoms with Gasteiger partial charge in [0, 0.05) is 0 Å². The molecule has 2 bridgehead atoms. The monoisotopic (exact) mass is 1020 g/mol. The van der Waals surface area contributed by atoms with Gasteiger partial charge >= 0.3 is 0 Å². The summed E-state index contributed by atoms with van der Waals surface area (Å²) in [5.41, 5.74) is 38.1. The van der Waals surface area contributed by atoms with Gasteiger partial charge in [0.1, 0.15) is 0 Å². The summed E-state index contributed by atoms with van der Waals surface area (Å²) in [6, 6.07) is 0. The summed E-state index contributed by atoms with van der Waals surface area (Å²) >= 11 is 0. The van der Waals surface area contributed by atoms with Crippen LogP contribution in [0.3, 0.4) is 0 Å². The van der Waals surface area contributed by atoms with Crippen molar-refractivity contribution < 1.29 is 0 Å². The maximum absolute atomic E-state index is 2.07. The molecule has 56 rings (SSSR count). The topological polar surface area (TPSA) is 0 Å². The van der Waals surface area contributed by atoms with Gasteiger partial charge < -0.3 is 0 Å². The molecule has 376 valence electrons. The van der Waals surface area contributed by atoms with Crippen LogP contribution in [0.15, 0.2) is 0 Å². The molecule has 75 unspecified atom stereocenters.